The van der Waals surface area contributed by atoms with Gasteiger partial charge in [-0.25, -0.2) is 4.79 Å². The van der Waals surface area contributed by atoms with Crippen molar-refractivity contribution in [2.24, 2.45) is 0 Å². The van der Waals surface area contributed by atoms with Gasteiger partial charge in [0.1, 0.15) is 5.82 Å². The minimum atomic E-state index is -1.01. The van der Waals surface area contributed by atoms with Crippen molar-refractivity contribution in [3.63, 3.8) is 0 Å². The maximum Gasteiger partial charge on any atom is 0.438 e. The molecule has 1 unspecified atom stereocenters. The van der Waals surface area contributed by atoms with Gasteiger partial charge in [0.05, 0.1) is 26.0 Å². The molecule has 0 aliphatic rings. The molecule has 1 aromatic rings. The molecular formula is C12H20FN3O3. The van der Waals surface area contributed by atoms with Crippen LogP contribution < -0.4 is 4.74 Å². The van der Waals surface area contributed by atoms with Gasteiger partial charge < -0.3 is 14.5 Å². The van der Waals surface area contributed by atoms with Gasteiger partial charge in [0.2, 0.25) is 5.88 Å². The average molecular weight is 273 g/mol. The smallest absolute Gasteiger partial charge is 0.438 e. The maximum atomic E-state index is 13.3. The summed E-state index contributed by atoms with van der Waals surface area (Å²) in [5, 5.41) is 0.0491. The summed E-state index contributed by atoms with van der Waals surface area (Å²) in [7, 11) is 1.13. The van der Waals surface area contributed by atoms with E-state index in [2.05, 4.69) is 14.7 Å². The van der Waals surface area contributed by atoms with Crippen LogP contribution >= 0.6 is 0 Å². The van der Waals surface area contributed by atoms with Crippen LogP contribution in [0.3, 0.4) is 0 Å². The summed E-state index contributed by atoms with van der Waals surface area (Å²) in [6.07, 6.45) is 0.998. The molecular weight excluding hydrogens is 253 g/mol. The Morgan fingerprint density at radius 1 is 1.53 bits per heavy atom. The number of aromatic nitrogens is 2. The number of methoxy groups -OCH3 is 1. The zero-order chi connectivity index (χ0) is 14.4. The summed E-state index contributed by atoms with van der Waals surface area (Å²) >= 11 is 0. The van der Waals surface area contributed by atoms with Gasteiger partial charge in [0.25, 0.3) is 0 Å². The van der Waals surface area contributed by atoms with E-state index in [9.17, 15) is 9.28 Å². The molecule has 0 aliphatic carbocycles. The van der Waals surface area contributed by atoms with Gasteiger partial charge in [-0.05, 0) is 6.92 Å². The standard InChI is InChI=1S/C12H20FN3O3/c1-8(2)11-14-7-10(15-11)19-6-5-9(3)16(13)12(17)18-4/h7-9H,5-6H2,1-4H3,(H,14,15). The molecule has 0 spiro atoms. The van der Waals surface area contributed by atoms with Gasteiger partial charge in [-0.15, -0.1) is 5.12 Å². The van der Waals surface area contributed by atoms with E-state index in [1.165, 1.54) is 0 Å². The van der Waals surface area contributed by atoms with E-state index >= 15 is 0 Å². The number of hydrogen-bond acceptors (Lipinski definition) is 4. The fourth-order valence-corrected chi connectivity index (χ4v) is 1.40. The zero-order valence-corrected chi connectivity index (χ0v) is 11.6. The predicted octanol–water partition coefficient (Wildman–Crippen LogP) is 2.64. The van der Waals surface area contributed by atoms with E-state index in [4.69, 9.17) is 4.74 Å². The number of carbonyl (C=O) groups is 1. The second-order valence-electron chi connectivity index (χ2n) is 4.55. The first-order valence-electron chi connectivity index (χ1n) is 6.16. The lowest BCUT2D eigenvalue weighted by molar-refractivity contribution is -0.0128. The second-order valence-corrected chi connectivity index (χ2v) is 4.55. The fraction of sp³-hybridized carbons (Fsp3) is 0.667. The van der Waals surface area contributed by atoms with Crippen LogP contribution in [0.2, 0.25) is 0 Å². The normalized spacial score (nSPS) is 12.3. The van der Waals surface area contributed by atoms with Crippen molar-refractivity contribution >= 4 is 6.09 Å². The summed E-state index contributed by atoms with van der Waals surface area (Å²) in [6, 6.07) is -0.615. The van der Waals surface area contributed by atoms with Crippen LogP contribution in [0.15, 0.2) is 6.20 Å². The highest BCUT2D eigenvalue weighted by Gasteiger charge is 2.20. The monoisotopic (exact) mass is 273 g/mol. The Balaban J connectivity index is 2.35. The van der Waals surface area contributed by atoms with Crippen LogP contribution in [-0.4, -0.2) is 40.9 Å². The van der Waals surface area contributed by atoms with Crippen LogP contribution in [0.4, 0.5) is 9.28 Å². The Labute approximate surface area is 111 Å². The van der Waals surface area contributed by atoms with Crippen LogP contribution in [0.5, 0.6) is 5.88 Å². The molecule has 19 heavy (non-hydrogen) atoms. The van der Waals surface area contributed by atoms with Crippen molar-refractivity contribution in [3.05, 3.63) is 12.0 Å². The topological polar surface area (TPSA) is 67.4 Å². The van der Waals surface area contributed by atoms with Crippen molar-refractivity contribution < 1.29 is 18.7 Å². The largest absolute Gasteiger partial charge is 0.477 e. The summed E-state index contributed by atoms with van der Waals surface area (Å²) < 4.78 is 23.0. The Hall–Kier alpha value is -1.79. The van der Waals surface area contributed by atoms with Crippen molar-refractivity contribution in [1.29, 1.82) is 0 Å². The molecule has 0 aliphatic heterocycles. The van der Waals surface area contributed by atoms with E-state index in [0.717, 1.165) is 12.9 Å². The van der Waals surface area contributed by atoms with Crippen molar-refractivity contribution in [1.82, 2.24) is 15.1 Å². The molecule has 1 heterocycles. The minimum absolute atomic E-state index is 0.0491. The number of H-pyrrole nitrogens is 1. The molecule has 0 bridgehead atoms. The third-order valence-electron chi connectivity index (χ3n) is 2.64. The van der Waals surface area contributed by atoms with Gasteiger partial charge in [-0.3, -0.25) is 0 Å². The molecule has 0 fully saturated rings. The second kappa shape index (κ2) is 6.96. The summed E-state index contributed by atoms with van der Waals surface area (Å²) in [4.78, 5) is 18.2. The number of aromatic amines is 1. The first-order chi connectivity index (χ1) is 8.95. The van der Waals surface area contributed by atoms with Crippen molar-refractivity contribution in [2.75, 3.05) is 13.7 Å². The van der Waals surface area contributed by atoms with Crippen LogP contribution in [0.25, 0.3) is 0 Å². The van der Waals surface area contributed by atoms with Crippen molar-refractivity contribution in [2.45, 2.75) is 39.2 Å². The molecule has 7 heteroatoms. The molecule has 1 aromatic heterocycles. The average Bonchev–Trinajstić information content (AvgIpc) is 2.85. The Bertz CT molecular complexity index is 409. The highest BCUT2D eigenvalue weighted by atomic mass is 19.2. The molecule has 1 atom stereocenters. The van der Waals surface area contributed by atoms with Gasteiger partial charge >= 0.3 is 6.09 Å². The van der Waals surface area contributed by atoms with Crippen molar-refractivity contribution in [3.8, 4) is 5.88 Å². The highest BCUT2D eigenvalue weighted by Crippen LogP contribution is 2.15. The number of rotatable bonds is 6. The first kappa shape index (κ1) is 15.3. The van der Waals surface area contributed by atoms with Crippen LogP contribution in [0.1, 0.15) is 38.9 Å². The van der Waals surface area contributed by atoms with Crippen LogP contribution in [-0.2, 0) is 4.74 Å². The summed E-state index contributed by atoms with van der Waals surface area (Å²) in [5.74, 6) is 1.60. The Morgan fingerprint density at radius 2 is 2.21 bits per heavy atom. The number of amides is 1. The molecule has 1 rings (SSSR count). The molecule has 1 N–H and O–H groups in total. The van der Waals surface area contributed by atoms with E-state index in [-0.39, 0.29) is 17.6 Å². The first-order valence-corrected chi connectivity index (χ1v) is 6.16. The molecule has 0 saturated heterocycles. The number of ether oxygens (including phenoxy) is 2. The van der Waals surface area contributed by atoms with Crippen LogP contribution in [0, 0.1) is 0 Å². The molecule has 0 radical (unpaired) electrons. The quantitative estimate of drug-likeness (QED) is 0.809. The SMILES string of the molecule is COC(=O)N(F)C(C)CCOc1c[nH]c(C(C)C)n1. The highest BCUT2D eigenvalue weighted by molar-refractivity contribution is 5.66. The minimum Gasteiger partial charge on any atom is -0.477 e. The molecule has 6 nitrogen and oxygen atoms in total. The third kappa shape index (κ3) is 4.42. The summed E-state index contributed by atoms with van der Waals surface area (Å²) in [5.41, 5.74) is 0. The van der Waals surface area contributed by atoms with E-state index in [0.29, 0.717) is 12.3 Å². The number of imidazole rings is 1. The van der Waals surface area contributed by atoms with E-state index < -0.39 is 12.1 Å². The number of hydrogen-bond donors (Lipinski definition) is 1. The third-order valence-corrected chi connectivity index (χ3v) is 2.64. The Kier molecular flexibility index (Phi) is 5.59. The molecule has 0 aromatic carbocycles. The number of nitrogens with one attached hydrogen (secondary N) is 1. The van der Waals surface area contributed by atoms with Gasteiger partial charge in [0.15, 0.2) is 0 Å². The number of nitrogens with zero attached hydrogens (tertiary/aromatic N) is 2. The number of carbonyl (C=O) groups excluding carboxylic acids is 1. The van der Waals surface area contributed by atoms with E-state index in [1.54, 1.807) is 13.1 Å². The maximum absolute atomic E-state index is 13.3. The van der Waals surface area contributed by atoms with Gasteiger partial charge in [-0.2, -0.15) is 4.98 Å². The molecule has 1 amide bonds. The lowest BCUT2D eigenvalue weighted by Crippen LogP contribution is -2.32. The lowest BCUT2D eigenvalue weighted by Gasteiger charge is -2.17. The van der Waals surface area contributed by atoms with E-state index in [1.807, 2.05) is 13.8 Å². The fourth-order valence-electron chi connectivity index (χ4n) is 1.40. The lowest BCUT2D eigenvalue weighted by atomic mass is 10.2. The number of halogens is 1. The summed E-state index contributed by atoms with van der Waals surface area (Å²) in [6.45, 7) is 5.87. The van der Waals surface area contributed by atoms with Gasteiger partial charge in [-0.1, -0.05) is 18.3 Å². The van der Waals surface area contributed by atoms with Gasteiger partial charge in [0, 0.05) is 12.3 Å². The predicted molar refractivity (Wildman–Crippen MR) is 67.6 cm³/mol. The Morgan fingerprint density at radius 3 is 2.74 bits per heavy atom. The zero-order valence-electron chi connectivity index (χ0n) is 11.6. The molecule has 0 saturated carbocycles. The molecule has 108 valence electrons.